The minimum Gasteiger partial charge on any atom is -0.473 e. The minimum atomic E-state index is -1.82. The van der Waals surface area contributed by atoms with Crippen LogP contribution in [0.3, 0.4) is 0 Å². The van der Waals surface area contributed by atoms with Crippen LogP contribution in [0.15, 0.2) is 89.5 Å². The molecule has 34 heavy (non-hydrogen) atoms. The zero-order chi connectivity index (χ0) is 24.5. The first-order valence-corrected chi connectivity index (χ1v) is 10.9. The number of hydrogen-bond acceptors (Lipinski definition) is 5. The van der Waals surface area contributed by atoms with E-state index in [4.69, 9.17) is 24.5 Å². The first-order chi connectivity index (χ1) is 16.3. The number of anilines is 1. The summed E-state index contributed by atoms with van der Waals surface area (Å²) in [6, 6.07) is 26.1. The molecule has 0 atom stereocenters. The van der Waals surface area contributed by atoms with Gasteiger partial charge in [0.1, 0.15) is 11.5 Å². The maximum absolute atomic E-state index is 9.10. The summed E-state index contributed by atoms with van der Waals surface area (Å²) in [6.45, 7) is 0.661. The molecule has 174 valence electrons. The van der Waals surface area contributed by atoms with Crippen LogP contribution < -0.4 is 10.1 Å². The molecule has 3 N–H and O–H groups in total. The van der Waals surface area contributed by atoms with Crippen LogP contribution in [-0.2, 0) is 23.2 Å². The third-order valence-electron chi connectivity index (χ3n) is 4.62. The largest absolute Gasteiger partial charge is 0.473 e. The van der Waals surface area contributed by atoms with Gasteiger partial charge in [0, 0.05) is 23.6 Å². The van der Waals surface area contributed by atoms with Crippen LogP contribution in [0.5, 0.6) is 11.5 Å². The van der Waals surface area contributed by atoms with Gasteiger partial charge in [-0.15, -0.1) is 0 Å². The maximum atomic E-state index is 9.10. The van der Waals surface area contributed by atoms with E-state index >= 15 is 0 Å². The lowest BCUT2D eigenvalue weighted by Gasteiger charge is -2.10. The topological polar surface area (TPSA) is 114 Å². The van der Waals surface area contributed by atoms with Gasteiger partial charge in [-0.3, -0.25) is 0 Å². The molecule has 0 saturated carbocycles. The SMILES string of the molecule is Cn1c(-c2cccc(Br)c2)cnc1NCc1cccc(Oc2ccccc2)c1.O=C(O)C(=O)O. The van der Waals surface area contributed by atoms with Crippen molar-refractivity contribution in [1.29, 1.82) is 0 Å². The summed E-state index contributed by atoms with van der Waals surface area (Å²) in [5.41, 5.74) is 3.31. The monoisotopic (exact) mass is 523 g/mol. The van der Waals surface area contributed by atoms with Crippen LogP contribution in [0, 0.1) is 0 Å². The Morgan fingerprint density at radius 1 is 0.941 bits per heavy atom. The lowest BCUT2D eigenvalue weighted by Crippen LogP contribution is -2.09. The second-order valence-corrected chi connectivity index (χ2v) is 7.98. The summed E-state index contributed by atoms with van der Waals surface area (Å²) in [4.78, 5) is 22.7. The van der Waals surface area contributed by atoms with E-state index in [9.17, 15) is 0 Å². The van der Waals surface area contributed by atoms with Crippen LogP contribution in [0.25, 0.3) is 11.3 Å². The van der Waals surface area contributed by atoms with E-state index in [0.29, 0.717) is 6.54 Å². The molecule has 0 saturated heterocycles. The number of ether oxygens (including phenoxy) is 1. The first-order valence-electron chi connectivity index (χ1n) is 10.1. The number of nitrogens with one attached hydrogen (secondary N) is 1. The molecule has 0 aliphatic rings. The third kappa shape index (κ3) is 6.94. The zero-order valence-corrected chi connectivity index (χ0v) is 19.8. The quantitative estimate of drug-likeness (QED) is 0.289. The van der Waals surface area contributed by atoms with E-state index in [1.165, 1.54) is 0 Å². The maximum Gasteiger partial charge on any atom is 0.414 e. The molecule has 1 aromatic heterocycles. The number of rotatable bonds is 6. The van der Waals surface area contributed by atoms with Gasteiger partial charge in [-0.25, -0.2) is 14.6 Å². The number of nitrogens with zero attached hydrogens (tertiary/aromatic N) is 2. The summed E-state index contributed by atoms with van der Waals surface area (Å²) < 4.78 is 9.03. The Hall–Kier alpha value is -4.11. The molecule has 4 rings (SSSR count). The standard InChI is InChI=1S/C23H20BrN3O.C2H2O4/c1-27-22(18-8-6-9-19(24)14-18)16-26-23(27)25-15-17-7-5-12-21(13-17)28-20-10-3-2-4-11-20;3-1(4)2(5)6/h2-14,16H,15H2,1H3,(H,25,26);(H,3,4)(H,5,6). The molecule has 4 aromatic rings. The smallest absolute Gasteiger partial charge is 0.414 e. The van der Waals surface area contributed by atoms with Crippen molar-refractivity contribution in [2.24, 2.45) is 7.05 Å². The fraction of sp³-hybridized carbons (Fsp3) is 0.0800. The molecule has 0 bridgehead atoms. The summed E-state index contributed by atoms with van der Waals surface area (Å²) in [7, 11) is 2.01. The highest BCUT2D eigenvalue weighted by Gasteiger charge is 2.09. The Morgan fingerprint density at radius 2 is 1.62 bits per heavy atom. The number of aromatic nitrogens is 2. The molecule has 0 unspecified atom stereocenters. The van der Waals surface area contributed by atoms with Gasteiger partial charge < -0.3 is 24.8 Å². The number of hydrogen-bond donors (Lipinski definition) is 3. The van der Waals surface area contributed by atoms with Crippen LogP contribution in [0.4, 0.5) is 5.95 Å². The van der Waals surface area contributed by atoms with Gasteiger partial charge in [0.15, 0.2) is 0 Å². The zero-order valence-electron chi connectivity index (χ0n) is 18.2. The number of imidazole rings is 1. The molecule has 9 heteroatoms. The summed E-state index contributed by atoms with van der Waals surface area (Å²) in [5.74, 6) is -1.18. The van der Waals surface area contributed by atoms with Gasteiger partial charge in [0.2, 0.25) is 5.95 Å². The molecular weight excluding hydrogens is 502 g/mol. The Morgan fingerprint density at radius 3 is 2.29 bits per heavy atom. The van der Waals surface area contributed by atoms with Gasteiger partial charge in [0.05, 0.1) is 11.9 Å². The van der Waals surface area contributed by atoms with Crippen LogP contribution in [0.1, 0.15) is 5.56 Å². The number of benzene rings is 3. The predicted molar refractivity (Wildman–Crippen MR) is 132 cm³/mol. The Labute approximate surface area is 204 Å². The molecule has 0 aliphatic carbocycles. The van der Waals surface area contributed by atoms with Gasteiger partial charge in [-0.2, -0.15) is 0 Å². The molecule has 3 aromatic carbocycles. The molecule has 0 aliphatic heterocycles. The average molecular weight is 524 g/mol. The third-order valence-corrected chi connectivity index (χ3v) is 5.11. The second kappa shape index (κ2) is 11.7. The normalized spacial score (nSPS) is 10.1. The molecular formula is C25H22BrN3O5. The highest BCUT2D eigenvalue weighted by Crippen LogP contribution is 2.26. The van der Waals surface area contributed by atoms with E-state index in [2.05, 4.69) is 49.0 Å². The number of halogens is 1. The fourth-order valence-corrected chi connectivity index (χ4v) is 3.41. The summed E-state index contributed by atoms with van der Waals surface area (Å²) >= 11 is 3.53. The van der Waals surface area contributed by atoms with E-state index < -0.39 is 11.9 Å². The fourth-order valence-electron chi connectivity index (χ4n) is 3.01. The van der Waals surface area contributed by atoms with E-state index in [0.717, 1.165) is 38.7 Å². The number of aliphatic carboxylic acids is 2. The highest BCUT2D eigenvalue weighted by molar-refractivity contribution is 9.10. The van der Waals surface area contributed by atoms with E-state index in [1.807, 2.05) is 73.9 Å². The average Bonchev–Trinajstić information content (AvgIpc) is 3.19. The van der Waals surface area contributed by atoms with Gasteiger partial charge in [0.25, 0.3) is 0 Å². The van der Waals surface area contributed by atoms with Crippen molar-refractivity contribution in [3.8, 4) is 22.8 Å². The van der Waals surface area contributed by atoms with Crippen molar-refractivity contribution in [3.63, 3.8) is 0 Å². The molecule has 0 radical (unpaired) electrons. The Balaban J connectivity index is 0.000000481. The highest BCUT2D eigenvalue weighted by atomic mass is 79.9. The van der Waals surface area contributed by atoms with Crippen molar-refractivity contribution >= 4 is 33.8 Å². The summed E-state index contributed by atoms with van der Waals surface area (Å²) in [5, 5.41) is 18.2. The van der Waals surface area contributed by atoms with Gasteiger partial charge in [-0.05, 0) is 42.0 Å². The van der Waals surface area contributed by atoms with Crippen molar-refractivity contribution < 1.29 is 24.5 Å². The summed E-state index contributed by atoms with van der Waals surface area (Å²) in [6.07, 6.45) is 1.89. The lowest BCUT2D eigenvalue weighted by atomic mass is 10.2. The van der Waals surface area contributed by atoms with E-state index in [-0.39, 0.29) is 0 Å². The van der Waals surface area contributed by atoms with Crippen molar-refractivity contribution in [2.45, 2.75) is 6.54 Å². The minimum absolute atomic E-state index is 0.661. The van der Waals surface area contributed by atoms with Gasteiger partial charge >= 0.3 is 11.9 Å². The van der Waals surface area contributed by atoms with Crippen molar-refractivity contribution in [2.75, 3.05) is 5.32 Å². The molecule has 0 spiro atoms. The number of carboxylic acids is 2. The number of para-hydroxylation sites is 1. The molecule has 8 nitrogen and oxygen atoms in total. The number of carboxylic acid groups (broad SMARTS) is 2. The van der Waals surface area contributed by atoms with Gasteiger partial charge in [-0.1, -0.05) is 58.4 Å². The number of carbonyl (C=O) groups is 2. The van der Waals surface area contributed by atoms with E-state index in [1.54, 1.807) is 0 Å². The van der Waals surface area contributed by atoms with Crippen LogP contribution in [0.2, 0.25) is 0 Å². The Kier molecular flexibility index (Phi) is 8.42. The molecule has 0 fully saturated rings. The molecule has 0 amide bonds. The predicted octanol–water partition coefficient (Wildman–Crippen LogP) is 5.41. The molecule has 1 heterocycles. The van der Waals surface area contributed by atoms with Crippen LogP contribution in [-0.4, -0.2) is 31.7 Å². The first kappa shape index (κ1) is 24.5. The van der Waals surface area contributed by atoms with Crippen molar-refractivity contribution in [3.05, 3.63) is 95.1 Å². The second-order valence-electron chi connectivity index (χ2n) is 7.06. The van der Waals surface area contributed by atoms with Crippen molar-refractivity contribution in [1.82, 2.24) is 9.55 Å². The lowest BCUT2D eigenvalue weighted by molar-refractivity contribution is -0.159. The Bertz CT molecular complexity index is 1260. The van der Waals surface area contributed by atoms with Crippen LogP contribution >= 0.6 is 15.9 Å².